The van der Waals surface area contributed by atoms with E-state index in [1.54, 1.807) is 10.9 Å². The predicted molar refractivity (Wildman–Crippen MR) is 62.4 cm³/mol. The normalized spacial score (nSPS) is 10.4. The van der Waals surface area contributed by atoms with E-state index in [1.165, 1.54) is 0 Å². The molecule has 0 atom stereocenters. The van der Waals surface area contributed by atoms with E-state index in [9.17, 15) is 4.79 Å². The van der Waals surface area contributed by atoms with Crippen molar-refractivity contribution in [3.8, 4) is 0 Å². The molecule has 0 radical (unpaired) electrons. The molecule has 0 saturated heterocycles. The third kappa shape index (κ3) is 2.03. The number of nitrogens with zero attached hydrogens (tertiary/aromatic N) is 2. The molecule has 0 unspecified atom stereocenters. The number of carbonyl (C=O) groups is 1. The second-order valence-electron chi connectivity index (χ2n) is 3.84. The summed E-state index contributed by atoms with van der Waals surface area (Å²) in [6.45, 7) is 1.97. The molecule has 0 aliphatic heterocycles. The van der Waals surface area contributed by atoms with Crippen LogP contribution < -0.4 is 0 Å². The zero-order valence-corrected chi connectivity index (χ0v) is 9.47. The third-order valence-corrected chi connectivity index (χ3v) is 2.78. The van der Waals surface area contributed by atoms with Gasteiger partial charge >= 0.3 is 0 Å². The van der Waals surface area contributed by atoms with Gasteiger partial charge in [-0.15, -0.1) is 0 Å². The Kier molecular flexibility index (Phi) is 2.86. The Morgan fingerprint density at radius 1 is 1.31 bits per heavy atom. The summed E-state index contributed by atoms with van der Waals surface area (Å²) >= 11 is 0. The molecule has 3 heteroatoms. The van der Waals surface area contributed by atoms with Crippen LogP contribution in [0.3, 0.4) is 0 Å². The van der Waals surface area contributed by atoms with Crippen LogP contribution in [-0.4, -0.2) is 15.6 Å². The van der Waals surface area contributed by atoms with E-state index >= 15 is 0 Å². The molecule has 16 heavy (non-hydrogen) atoms. The Morgan fingerprint density at radius 3 is 2.56 bits per heavy atom. The van der Waals surface area contributed by atoms with Crippen molar-refractivity contribution >= 4 is 5.78 Å². The number of aromatic nitrogens is 2. The Labute approximate surface area is 94.7 Å². The average molecular weight is 214 g/mol. The summed E-state index contributed by atoms with van der Waals surface area (Å²) in [7, 11) is 1.88. The first-order valence-corrected chi connectivity index (χ1v) is 5.24. The van der Waals surface area contributed by atoms with Crippen LogP contribution in [-0.2, 0) is 13.5 Å². The highest BCUT2D eigenvalue weighted by Gasteiger charge is 2.10. The zero-order chi connectivity index (χ0) is 11.5. The zero-order valence-electron chi connectivity index (χ0n) is 9.47. The number of hydrogen-bond donors (Lipinski definition) is 0. The first-order chi connectivity index (χ1) is 7.68. The average Bonchev–Trinajstić information content (AvgIpc) is 2.62. The summed E-state index contributed by atoms with van der Waals surface area (Å²) in [5, 5.41) is 4.13. The fourth-order valence-electron chi connectivity index (χ4n) is 1.62. The molecule has 1 aromatic heterocycles. The van der Waals surface area contributed by atoms with Crippen molar-refractivity contribution in [3.63, 3.8) is 0 Å². The van der Waals surface area contributed by atoms with Gasteiger partial charge in [-0.1, -0.05) is 30.3 Å². The van der Waals surface area contributed by atoms with Gasteiger partial charge in [0.25, 0.3) is 0 Å². The van der Waals surface area contributed by atoms with Gasteiger partial charge in [0, 0.05) is 30.3 Å². The van der Waals surface area contributed by atoms with Crippen molar-refractivity contribution in [2.75, 3.05) is 0 Å². The smallest absolute Gasteiger partial charge is 0.167 e. The molecule has 0 aliphatic rings. The minimum atomic E-state index is 0.136. The standard InChI is InChI=1S/C13H14N2O/c1-10-12(9-14-15(10)2)8-13(16)11-6-4-3-5-7-11/h3-7,9H,8H2,1-2H3. The van der Waals surface area contributed by atoms with E-state index in [0.717, 1.165) is 16.8 Å². The Morgan fingerprint density at radius 2 is 2.00 bits per heavy atom. The lowest BCUT2D eigenvalue weighted by Gasteiger charge is -2.00. The van der Waals surface area contributed by atoms with Crippen molar-refractivity contribution in [1.82, 2.24) is 9.78 Å². The van der Waals surface area contributed by atoms with E-state index in [-0.39, 0.29) is 5.78 Å². The molecule has 0 saturated carbocycles. The van der Waals surface area contributed by atoms with E-state index in [4.69, 9.17) is 0 Å². The molecule has 2 aromatic rings. The van der Waals surface area contributed by atoms with Crippen LogP contribution in [0.5, 0.6) is 0 Å². The van der Waals surface area contributed by atoms with Crippen LogP contribution in [0.15, 0.2) is 36.5 Å². The van der Waals surface area contributed by atoms with Crippen LogP contribution in [0.1, 0.15) is 21.6 Å². The van der Waals surface area contributed by atoms with Crippen LogP contribution in [0.4, 0.5) is 0 Å². The lowest BCUT2D eigenvalue weighted by Crippen LogP contribution is -2.04. The van der Waals surface area contributed by atoms with Crippen molar-refractivity contribution in [2.45, 2.75) is 13.3 Å². The number of benzene rings is 1. The summed E-state index contributed by atoms with van der Waals surface area (Å²) in [6, 6.07) is 9.35. The Balaban J connectivity index is 2.17. The first-order valence-electron chi connectivity index (χ1n) is 5.24. The van der Waals surface area contributed by atoms with Gasteiger partial charge in [-0.3, -0.25) is 9.48 Å². The molecule has 0 spiro atoms. The molecular formula is C13H14N2O. The van der Waals surface area contributed by atoms with Gasteiger partial charge < -0.3 is 0 Å². The molecule has 3 nitrogen and oxygen atoms in total. The summed E-state index contributed by atoms with van der Waals surface area (Å²) in [4.78, 5) is 11.9. The van der Waals surface area contributed by atoms with E-state index in [2.05, 4.69) is 5.10 Å². The van der Waals surface area contributed by atoms with Gasteiger partial charge in [-0.2, -0.15) is 5.10 Å². The number of rotatable bonds is 3. The Bertz CT molecular complexity index is 500. The van der Waals surface area contributed by atoms with Crippen molar-refractivity contribution < 1.29 is 4.79 Å². The molecule has 0 bridgehead atoms. The molecule has 0 amide bonds. The van der Waals surface area contributed by atoms with E-state index in [0.29, 0.717) is 6.42 Å². The SMILES string of the molecule is Cc1c(CC(=O)c2ccccc2)cnn1C. The first kappa shape index (κ1) is 10.6. The van der Waals surface area contributed by atoms with E-state index in [1.807, 2.05) is 44.3 Å². The quantitative estimate of drug-likeness (QED) is 0.734. The number of Topliss-reactive ketones (excluding diaryl/α,β-unsaturated/α-hetero) is 1. The highest BCUT2D eigenvalue weighted by Crippen LogP contribution is 2.10. The lowest BCUT2D eigenvalue weighted by atomic mass is 10.0. The lowest BCUT2D eigenvalue weighted by molar-refractivity contribution is 0.0992. The van der Waals surface area contributed by atoms with Crippen molar-refractivity contribution in [3.05, 3.63) is 53.3 Å². The van der Waals surface area contributed by atoms with Gasteiger partial charge in [-0.05, 0) is 6.92 Å². The maximum atomic E-state index is 11.9. The van der Waals surface area contributed by atoms with Gasteiger partial charge in [0.15, 0.2) is 5.78 Å². The fraction of sp³-hybridized carbons (Fsp3) is 0.231. The summed E-state index contributed by atoms with van der Waals surface area (Å²) in [6.07, 6.45) is 2.18. The molecular weight excluding hydrogens is 200 g/mol. The van der Waals surface area contributed by atoms with Gasteiger partial charge in [0.1, 0.15) is 0 Å². The molecule has 0 N–H and O–H groups in total. The second kappa shape index (κ2) is 4.31. The number of carbonyl (C=O) groups excluding carboxylic acids is 1. The molecule has 2 rings (SSSR count). The Hall–Kier alpha value is -1.90. The molecule has 82 valence electrons. The van der Waals surface area contributed by atoms with Gasteiger partial charge in [-0.25, -0.2) is 0 Å². The highest BCUT2D eigenvalue weighted by atomic mass is 16.1. The topological polar surface area (TPSA) is 34.9 Å². The van der Waals surface area contributed by atoms with E-state index < -0.39 is 0 Å². The maximum Gasteiger partial charge on any atom is 0.167 e. The molecule has 0 fully saturated rings. The number of ketones is 1. The van der Waals surface area contributed by atoms with Crippen molar-refractivity contribution in [1.29, 1.82) is 0 Å². The number of hydrogen-bond acceptors (Lipinski definition) is 2. The summed E-state index contributed by atoms with van der Waals surface area (Å²) in [5.41, 5.74) is 2.80. The number of aryl methyl sites for hydroxylation is 1. The third-order valence-electron chi connectivity index (χ3n) is 2.78. The van der Waals surface area contributed by atoms with Crippen LogP contribution in [0.25, 0.3) is 0 Å². The monoisotopic (exact) mass is 214 g/mol. The minimum absolute atomic E-state index is 0.136. The minimum Gasteiger partial charge on any atom is -0.294 e. The largest absolute Gasteiger partial charge is 0.294 e. The van der Waals surface area contributed by atoms with Crippen LogP contribution in [0.2, 0.25) is 0 Å². The highest BCUT2D eigenvalue weighted by molar-refractivity contribution is 5.97. The van der Waals surface area contributed by atoms with Crippen molar-refractivity contribution in [2.24, 2.45) is 7.05 Å². The molecule has 1 aromatic carbocycles. The van der Waals surface area contributed by atoms with Gasteiger partial charge in [0.05, 0.1) is 6.20 Å². The maximum absolute atomic E-state index is 11.9. The summed E-state index contributed by atoms with van der Waals surface area (Å²) in [5.74, 6) is 0.136. The molecule has 0 aliphatic carbocycles. The van der Waals surface area contributed by atoms with Crippen LogP contribution in [0, 0.1) is 6.92 Å². The molecule has 1 heterocycles. The summed E-state index contributed by atoms with van der Waals surface area (Å²) < 4.78 is 1.79. The van der Waals surface area contributed by atoms with Crippen LogP contribution >= 0.6 is 0 Å². The fourth-order valence-corrected chi connectivity index (χ4v) is 1.62. The van der Waals surface area contributed by atoms with Gasteiger partial charge in [0.2, 0.25) is 0 Å². The predicted octanol–water partition coefficient (Wildman–Crippen LogP) is 2.15. The second-order valence-corrected chi connectivity index (χ2v) is 3.84.